The second kappa shape index (κ2) is 6.29. The zero-order valence-electron chi connectivity index (χ0n) is 11.6. The van der Waals surface area contributed by atoms with Gasteiger partial charge in [-0.05, 0) is 47.4 Å². The van der Waals surface area contributed by atoms with Crippen molar-refractivity contribution in [1.82, 2.24) is 0 Å². The van der Waals surface area contributed by atoms with Gasteiger partial charge in [0.05, 0.1) is 14.9 Å². The van der Waals surface area contributed by atoms with Crippen molar-refractivity contribution in [2.75, 3.05) is 17.2 Å². The van der Waals surface area contributed by atoms with Crippen LogP contribution in [-0.4, -0.2) is 12.6 Å². The molecule has 0 bridgehead atoms. The molecular weight excluding hydrogens is 354 g/mol. The summed E-state index contributed by atoms with van der Waals surface area (Å²) in [6.07, 6.45) is 4.93. The number of nitrogens with zero attached hydrogens (tertiary/aromatic N) is 1. The number of halogens is 2. The van der Waals surface area contributed by atoms with Gasteiger partial charge < -0.3 is 10.6 Å². The summed E-state index contributed by atoms with van der Waals surface area (Å²) in [6, 6.07) is 3.87. The Labute approximate surface area is 128 Å². The predicted octanol–water partition coefficient (Wildman–Crippen LogP) is 4.42. The van der Waals surface area contributed by atoms with E-state index in [1.54, 1.807) is 12.1 Å². The molecule has 1 saturated carbocycles. The maximum Gasteiger partial charge on any atom is 0.138 e. The van der Waals surface area contributed by atoms with Gasteiger partial charge in [-0.25, -0.2) is 4.39 Å². The molecule has 2 rings (SSSR count). The van der Waals surface area contributed by atoms with Gasteiger partial charge in [0, 0.05) is 18.7 Å². The van der Waals surface area contributed by atoms with Gasteiger partial charge in [-0.15, -0.1) is 0 Å². The van der Waals surface area contributed by atoms with Gasteiger partial charge in [0.1, 0.15) is 5.82 Å². The Bertz CT molecular complexity index is 442. The van der Waals surface area contributed by atoms with E-state index in [0.29, 0.717) is 21.2 Å². The lowest BCUT2D eigenvalue weighted by Crippen LogP contribution is -2.37. The lowest BCUT2D eigenvalue weighted by atomic mass is 10.1. The first-order valence-corrected chi connectivity index (χ1v) is 8.08. The van der Waals surface area contributed by atoms with E-state index in [1.165, 1.54) is 25.7 Å². The summed E-state index contributed by atoms with van der Waals surface area (Å²) in [5.74, 6) is 0.374. The van der Waals surface area contributed by atoms with Crippen LogP contribution in [0.25, 0.3) is 0 Å². The number of hydrogen-bond acceptors (Lipinski definition) is 2. The van der Waals surface area contributed by atoms with E-state index < -0.39 is 0 Å². The molecule has 0 atom stereocenters. The van der Waals surface area contributed by atoms with Crippen molar-refractivity contribution in [2.45, 2.75) is 45.6 Å². The van der Waals surface area contributed by atoms with E-state index in [4.69, 9.17) is 5.73 Å². The number of benzene rings is 1. The van der Waals surface area contributed by atoms with Gasteiger partial charge >= 0.3 is 0 Å². The largest absolute Gasteiger partial charge is 0.397 e. The van der Waals surface area contributed by atoms with Gasteiger partial charge in [-0.1, -0.05) is 26.7 Å². The highest BCUT2D eigenvalue weighted by Gasteiger charge is 2.25. The van der Waals surface area contributed by atoms with Crippen molar-refractivity contribution < 1.29 is 4.39 Å². The number of hydrogen-bond donors (Lipinski definition) is 1. The fraction of sp³-hybridized carbons (Fsp3) is 0.600. The lowest BCUT2D eigenvalue weighted by molar-refractivity contribution is 0.534. The molecule has 1 aromatic rings. The summed E-state index contributed by atoms with van der Waals surface area (Å²) in [7, 11) is 0. The molecule has 0 aromatic heterocycles. The van der Waals surface area contributed by atoms with E-state index in [2.05, 4.69) is 18.7 Å². The number of nitrogen functional groups attached to an aromatic ring is 1. The molecule has 106 valence electrons. The predicted molar refractivity (Wildman–Crippen MR) is 88.0 cm³/mol. The SMILES string of the molecule is CC(C)CN(c1cc(F)c(I)cc1N)C1CCCC1. The Morgan fingerprint density at radius 2 is 2.00 bits per heavy atom. The fourth-order valence-corrected chi connectivity index (χ4v) is 3.35. The average Bonchev–Trinajstić information content (AvgIpc) is 2.84. The molecule has 0 saturated heterocycles. The summed E-state index contributed by atoms with van der Waals surface area (Å²) in [5.41, 5.74) is 7.69. The zero-order valence-corrected chi connectivity index (χ0v) is 13.8. The van der Waals surface area contributed by atoms with Crippen molar-refractivity contribution in [3.05, 3.63) is 21.5 Å². The summed E-state index contributed by atoms with van der Waals surface area (Å²) in [6.45, 7) is 5.33. The molecule has 1 aliphatic rings. The molecule has 0 heterocycles. The smallest absolute Gasteiger partial charge is 0.138 e. The third-order valence-electron chi connectivity index (χ3n) is 3.71. The third kappa shape index (κ3) is 3.52. The highest BCUT2D eigenvalue weighted by atomic mass is 127. The van der Waals surface area contributed by atoms with E-state index in [-0.39, 0.29) is 5.82 Å². The monoisotopic (exact) mass is 376 g/mol. The van der Waals surface area contributed by atoms with Crippen LogP contribution in [0.1, 0.15) is 39.5 Å². The normalized spacial score (nSPS) is 16.3. The fourth-order valence-electron chi connectivity index (χ4n) is 2.85. The van der Waals surface area contributed by atoms with Crippen LogP contribution >= 0.6 is 22.6 Å². The first-order valence-electron chi connectivity index (χ1n) is 7.00. The molecule has 0 spiro atoms. The topological polar surface area (TPSA) is 29.3 Å². The Balaban J connectivity index is 2.33. The molecule has 1 aliphatic carbocycles. The van der Waals surface area contributed by atoms with Crippen molar-refractivity contribution >= 4 is 34.0 Å². The maximum absolute atomic E-state index is 13.9. The minimum atomic E-state index is -0.170. The van der Waals surface area contributed by atoms with Crippen molar-refractivity contribution in [3.8, 4) is 0 Å². The summed E-state index contributed by atoms with van der Waals surface area (Å²) in [5, 5.41) is 0. The van der Waals surface area contributed by atoms with Crippen molar-refractivity contribution in [2.24, 2.45) is 5.92 Å². The van der Waals surface area contributed by atoms with Gasteiger partial charge in [0.2, 0.25) is 0 Å². The third-order valence-corrected chi connectivity index (χ3v) is 4.53. The molecular formula is C15H22FIN2. The van der Waals surface area contributed by atoms with Gasteiger partial charge in [-0.2, -0.15) is 0 Å². The highest BCUT2D eigenvalue weighted by molar-refractivity contribution is 14.1. The van der Waals surface area contributed by atoms with Crippen LogP contribution in [0, 0.1) is 15.3 Å². The number of anilines is 2. The van der Waals surface area contributed by atoms with Crippen molar-refractivity contribution in [3.63, 3.8) is 0 Å². The van der Waals surface area contributed by atoms with Crippen LogP contribution in [0.2, 0.25) is 0 Å². The molecule has 4 heteroatoms. The quantitative estimate of drug-likeness (QED) is 0.623. The van der Waals surface area contributed by atoms with Gasteiger partial charge in [0.25, 0.3) is 0 Å². The Kier molecular flexibility index (Phi) is 4.92. The summed E-state index contributed by atoms with van der Waals surface area (Å²) < 4.78 is 14.4. The van der Waals surface area contributed by atoms with Crippen LogP contribution in [0.4, 0.5) is 15.8 Å². The molecule has 0 aliphatic heterocycles. The molecule has 0 unspecified atom stereocenters. The van der Waals surface area contributed by atoms with Crippen molar-refractivity contribution in [1.29, 1.82) is 0 Å². The Hall–Kier alpha value is -0.520. The minimum Gasteiger partial charge on any atom is -0.397 e. The molecule has 2 N–H and O–H groups in total. The number of nitrogens with two attached hydrogens (primary N) is 1. The second-order valence-corrected chi connectivity index (χ2v) is 6.97. The van der Waals surface area contributed by atoms with Crippen LogP contribution in [0.3, 0.4) is 0 Å². The minimum absolute atomic E-state index is 0.170. The lowest BCUT2D eigenvalue weighted by Gasteiger charge is -2.33. The second-order valence-electron chi connectivity index (χ2n) is 5.81. The summed E-state index contributed by atoms with van der Waals surface area (Å²) in [4.78, 5) is 2.33. The zero-order chi connectivity index (χ0) is 14.0. The van der Waals surface area contributed by atoms with E-state index >= 15 is 0 Å². The Morgan fingerprint density at radius 3 is 2.58 bits per heavy atom. The van der Waals surface area contributed by atoms with Crippen LogP contribution in [-0.2, 0) is 0 Å². The molecule has 1 fully saturated rings. The van der Waals surface area contributed by atoms with Crippen LogP contribution in [0.15, 0.2) is 12.1 Å². The summed E-state index contributed by atoms with van der Waals surface area (Å²) >= 11 is 1.99. The first kappa shape index (κ1) is 14.9. The average molecular weight is 376 g/mol. The molecule has 1 aromatic carbocycles. The maximum atomic E-state index is 13.9. The Morgan fingerprint density at radius 1 is 1.37 bits per heavy atom. The first-order chi connectivity index (χ1) is 8.99. The van der Waals surface area contributed by atoms with E-state index in [0.717, 1.165) is 12.2 Å². The van der Waals surface area contributed by atoms with Gasteiger partial charge in [0.15, 0.2) is 0 Å². The van der Waals surface area contributed by atoms with E-state index in [9.17, 15) is 4.39 Å². The molecule has 2 nitrogen and oxygen atoms in total. The number of rotatable bonds is 4. The standard InChI is InChI=1S/C15H22FIN2/c1-10(2)9-19(11-5-3-4-6-11)15-7-12(16)13(17)8-14(15)18/h7-8,10-11H,3-6,9,18H2,1-2H3. The molecule has 0 amide bonds. The highest BCUT2D eigenvalue weighted by Crippen LogP contribution is 2.34. The van der Waals surface area contributed by atoms with Crippen LogP contribution in [0.5, 0.6) is 0 Å². The molecule has 19 heavy (non-hydrogen) atoms. The van der Waals surface area contributed by atoms with Crippen LogP contribution < -0.4 is 10.6 Å². The molecule has 0 radical (unpaired) electrons. The van der Waals surface area contributed by atoms with Gasteiger partial charge in [-0.3, -0.25) is 0 Å². The van der Waals surface area contributed by atoms with E-state index in [1.807, 2.05) is 22.6 Å².